The number of anilines is 1. The third-order valence-corrected chi connectivity index (χ3v) is 2.46. The zero-order valence-corrected chi connectivity index (χ0v) is 9.73. The highest BCUT2D eigenvalue weighted by molar-refractivity contribution is 5.57. The summed E-state index contributed by atoms with van der Waals surface area (Å²) in [7, 11) is 0. The first-order valence-corrected chi connectivity index (χ1v) is 5.46. The molecule has 1 aromatic heterocycles. The lowest BCUT2D eigenvalue weighted by Crippen LogP contribution is -2.10. The molecule has 96 valence electrons. The third kappa shape index (κ3) is 2.97. The zero-order valence-electron chi connectivity index (χ0n) is 9.73. The van der Waals surface area contributed by atoms with E-state index in [2.05, 4.69) is 20.3 Å². The van der Waals surface area contributed by atoms with Gasteiger partial charge in [-0.15, -0.1) is 0 Å². The predicted octanol–water partition coefficient (Wildman–Crippen LogP) is 3.18. The number of nitrogens with one attached hydrogen (secondary N) is 2. The van der Waals surface area contributed by atoms with Crippen molar-refractivity contribution >= 4 is 5.69 Å². The van der Waals surface area contributed by atoms with Crippen molar-refractivity contribution in [1.82, 2.24) is 10.2 Å². The lowest BCUT2D eigenvalue weighted by molar-refractivity contribution is -0.0493. The molecule has 4 nitrogen and oxygen atoms in total. The van der Waals surface area contributed by atoms with Crippen LogP contribution in [0.5, 0.6) is 5.75 Å². The smallest absolute Gasteiger partial charge is 0.387 e. The summed E-state index contributed by atoms with van der Waals surface area (Å²) in [6, 6.07) is 8.30. The standard InChI is InChI=1S/C12H13F2N3O/c1-8(9-6-7-15-17-9)16-10-4-2-3-5-11(10)18-12(13)14/h2-8,12,16H,1H3,(H,15,17). The van der Waals surface area contributed by atoms with Gasteiger partial charge in [0.05, 0.1) is 17.4 Å². The number of halogens is 2. The average molecular weight is 253 g/mol. The molecule has 1 heterocycles. The summed E-state index contributed by atoms with van der Waals surface area (Å²) < 4.78 is 28.9. The summed E-state index contributed by atoms with van der Waals surface area (Å²) in [5.41, 5.74) is 1.38. The summed E-state index contributed by atoms with van der Waals surface area (Å²) in [6.07, 6.45) is 1.63. The summed E-state index contributed by atoms with van der Waals surface area (Å²) in [4.78, 5) is 0. The molecule has 2 aromatic rings. The van der Waals surface area contributed by atoms with E-state index in [1.54, 1.807) is 24.4 Å². The fraction of sp³-hybridized carbons (Fsp3) is 0.250. The van der Waals surface area contributed by atoms with Gasteiger partial charge in [-0.2, -0.15) is 13.9 Å². The molecule has 1 unspecified atom stereocenters. The Balaban J connectivity index is 2.13. The van der Waals surface area contributed by atoms with Gasteiger partial charge in [0.15, 0.2) is 0 Å². The first-order valence-electron chi connectivity index (χ1n) is 5.46. The van der Waals surface area contributed by atoms with Crippen LogP contribution in [0.1, 0.15) is 18.7 Å². The van der Waals surface area contributed by atoms with Gasteiger partial charge in [0.2, 0.25) is 0 Å². The number of para-hydroxylation sites is 2. The van der Waals surface area contributed by atoms with E-state index in [0.29, 0.717) is 5.69 Å². The molecule has 0 spiro atoms. The normalized spacial score (nSPS) is 12.4. The lowest BCUT2D eigenvalue weighted by Gasteiger charge is -2.16. The second-order valence-electron chi connectivity index (χ2n) is 3.75. The number of aromatic nitrogens is 2. The lowest BCUT2D eigenvalue weighted by atomic mass is 10.2. The van der Waals surface area contributed by atoms with E-state index in [9.17, 15) is 8.78 Å². The maximum atomic E-state index is 12.2. The molecular weight excluding hydrogens is 240 g/mol. The van der Waals surface area contributed by atoms with E-state index in [-0.39, 0.29) is 11.8 Å². The van der Waals surface area contributed by atoms with E-state index in [1.807, 2.05) is 13.0 Å². The Morgan fingerprint density at radius 1 is 1.28 bits per heavy atom. The van der Waals surface area contributed by atoms with Crippen molar-refractivity contribution in [3.63, 3.8) is 0 Å². The van der Waals surface area contributed by atoms with Gasteiger partial charge in [-0.1, -0.05) is 12.1 Å². The number of hydrogen-bond donors (Lipinski definition) is 2. The molecular formula is C12H13F2N3O. The van der Waals surface area contributed by atoms with E-state index in [4.69, 9.17) is 0 Å². The quantitative estimate of drug-likeness (QED) is 0.860. The molecule has 0 aliphatic rings. The Hall–Kier alpha value is -2.11. The largest absolute Gasteiger partial charge is 0.433 e. The monoisotopic (exact) mass is 253 g/mol. The van der Waals surface area contributed by atoms with Crippen LogP contribution < -0.4 is 10.1 Å². The van der Waals surface area contributed by atoms with Crippen LogP contribution in [0.15, 0.2) is 36.5 Å². The molecule has 0 aliphatic heterocycles. The molecule has 6 heteroatoms. The Morgan fingerprint density at radius 3 is 2.72 bits per heavy atom. The predicted molar refractivity (Wildman–Crippen MR) is 63.7 cm³/mol. The minimum absolute atomic E-state index is 0.0880. The van der Waals surface area contributed by atoms with E-state index in [1.165, 1.54) is 6.07 Å². The van der Waals surface area contributed by atoms with Crippen LogP contribution in [0.25, 0.3) is 0 Å². The number of nitrogens with zero attached hydrogens (tertiary/aromatic N) is 1. The Bertz CT molecular complexity index is 488. The van der Waals surface area contributed by atoms with Crippen LogP contribution in [0.3, 0.4) is 0 Å². The average Bonchev–Trinajstić information content (AvgIpc) is 2.84. The highest BCUT2D eigenvalue weighted by Gasteiger charge is 2.12. The summed E-state index contributed by atoms with van der Waals surface area (Å²) in [6.45, 7) is -0.942. The number of rotatable bonds is 5. The maximum Gasteiger partial charge on any atom is 0.387 e. The molecule has 0 aliphatic carbocycles. The number of ether oxygens (including phenoxy) is 1. The van der Waals surface area contributed by atoms with Crippen molar-refractivity contribution in [1.29, 1.82) is 0 Å². The van der Waals surface area contributed by atoms with Gasteiger partial charge in [-0.3, -0.25) is 5.10 Å². The van der Waals surface area contributed by atoms with Crippen LogP contribution in [0, 0.1) is 0 Å². The highest BCUT2D eigenvalue weighted by Crippen LogP contribution is 2.28. The highest BCUT2D eigenvalue weighted by atomic mass is 19.3. The van der Waals surface area contributed by atoms with Crippen molar-refractivity contribution in [2.45, 2.75) is 19.6 Å². The first kappa shape index (κ1) is 12.3. The van der Waals surface area contributed by atoms with E-state index < -0.39 is 6.61 Å². The maximum absolute atomic E-state index is 12.2. The van der Waals surface area contributed by atoms with Crippen LogP contribution in [-0.4, -0.2) is 16.8 Å². The van der Waals surface area contributed by atoms with Gasteiger partial charge in [-0.05, 0) is 25.1 Å². The topological polar surface area (TPSA) is 49.9 Å². The van der Waals surface area contributed by atoms with Crippen LogP contribution in [0.2, 0.25) is 0 Å². The van der Waals surface area contributed by atoms with E-state index >= 15 is 0 Å². The van der Waals surface area contributed by atoms with Crippen LogP contribution in [-0.2, 0) is 0 Å². The Kier molecular flexibility index (Phi) is 3.76. The molecule has 1 aromatic carbocycles. The summed E-state index contributed by atoms with van der Waals surface area (Å²) in [5.74, 6) is 0.124. The second-order valence-corrected chi connectivity index (χ2v) is 3.75. The molecule has 0 saturated heterocycles. The van der Waals surface area contributed by atoms with Crippen molar-refractivity contribution in [2.24, 2.45) is 0 Å². The molecule has 0 amide bonds. The van der Waals surface area contributed by atoms with Gasteiger partial charge in [0.1, 0.15) is 5.75 Å². The van der Waals surface area contributed by atoms with E-state index in [0.717, 1.165) is 5.69 Å². The Morgan fingerprint density at radius 2 is 2.06 bits per heavy atom. The number of alkyl halides is 2. The van der Waals surface area contributed by atoms with Crippen LogP contribution >= 0.6 is 0 Å². The molecule has 0 saturated carbocycles. The van der Waals surface area contributed by atoms with Gasteiger partial charge in [-0.25, -0.2) is 0 Å². The zero-order chi connectivity index (χ0) is 13.0. The minimum Gasteiger partial charge on any atom is -0.433 e. The number of aromatic amines is 1. The van der Waals surface area contributed by atoms with Gasteiger partial charge >= 0.3 is 6.61 Å². The van der Waals surface area contributed by atoms with Gasteiger partial charge < -0.3 is 10.1 Å². The van der Waals surface area contributed by atoms with Crippen molar-refractivity contribution in [2.75, 3.05) is 5.32 Å². The second kappa shape index (κ2) is 5.48. The van der Waals surface area contributed by atoms with Crippen LogP contribution in [0.4, 0.5) is 14.5 Å². The summed E-state index contributed by atoms with van der Waals surface area (Å²) >= 11 is 0. The molecule has 1 atom stereocenters. The third-order valence-electron chi connectivity index (χ3n) is 2.46. The van der Waals surface area contributed by atoms with Crippen molar-refractivity contribution in [3.05, 3.63) is 42.2 Å². The minimum atomic E-state index is -2.84. The number of hydrogen-bond acceptors (Lipinski definition) is 3. The van der Waals surface area contributed by atoms with Gasteiger partial charge in [0, 0.05) is 6.20 Å². The molecule has 0 fully saturated rings. The fourth-order valence-electron chi connectivity index (χ4n) is 1.60. The number of benzene rings is 1. The van der Waals surface area contributed by atoms with Crippen molar-refractivity contribution in [3.8, 4) is 5.75 Å². The summed E-state index contributed by atoms with van der Waals surface area (Å²) in [5, 5.41) is 9.74. The molecule has 0 radical (unpaired) electrons. The molecule has 2 rings (SSSR count). The number of H-pyrrole nitrogens is 1. The SMILES string of the molecule is CC(Nc1ccccc1OC(F)F)c1ccn[nH]1. The first-order chi connectivity index (χ1) is 8.66. The Labute approximate surface area is 103 Å². The van der Waals surface area contributed by atoms with Gasteiger partial charge in [0.25, 0.3) is 0 Å². The molecule has 18 heavy (non-hydrogen) atoms. The molecule has 2 N–H and O–H groups in total. The fourth-order valence-corrected chi connectivity index (χ4v) is 1.60. The molecule has 0 bridgehead atoms. The van der Waals surface area contributed by atoms with Crippen molar-refractivity contribution < 1.29 is 13.5 Å².